The summed E-state index contributed by atoms with van der Waals surface area (Å²) in [6.07, 6.45) is 0.854. The molecule has 0 bridgehead atoms. The molecule has 1 aromatic heterocycles. The van der Waals surface area contributed by atoms with E-state index in [4.69, 9.17) is 14.2 Å². The second kappa shape index (κ2) is 14.9. The van der Waals surface area contributed by atoms with E-state index in [2.05, 4.69) is 10.3 Å². The van der Waals surface area contributed by atoms with E-state index in [1.165, 1.54) is 25.1 Å². The van der Waals surface area contributed by atoms with Gasteiger partial charge in [0.15, 0.2) is 0 Å². The molecule has 1 atom stereocenters. The number of amides is 2. The molecule has 1 unspecified atom stereocenters. The number of hydrogen-bond acceptors (Lipinski definition) is 8. The number of nitrogens with one attached hydrogen (secondary N) is 2. The van der Waals surface area contributed by atoms with Gasteiger partial charge in [0, 0.05) is 18.3 Å². The van der Waals surface area contributed by atoms with Crippen LogP contribution in [0.3, 0.4) is 0 Å². The molecule has 3 rings (SSSR count). The molecule has 0 aliphatic heterocycles. The number of ether oxygens (including phenoxy) is 3. The molecule has 0 saturated carbocycles. The van der Waals surface area contributed by atoms with Gasteiger partial charge in [-0.25, -0.2) is 9.59 Å². The summed E-state index contributed by atoms with van der Waals surface area (Å²) in [5, 5.41) is 2.80. The first-order valence-corrected chi connectivity index (χ1v) is 13.7. The molecule has 3 aromatic rings. The van der Waals surface area contributed by atoms with Crippen molar-refractivity contribution < 1.29 is 28.6 Å². The average Bonchev–Trinajstić information content (AvgIpc) is 2.94. The van der Waals surface area contributed by atoms with Gasteiger partial charge >= 0.3 is 17.8 Å². The van der Waals surface area contributed by atoms with Crippen LogP contribution in [-0.4, -0.2) is 64.3 Å². The molecule has 0 aliphatic carbocycles. The van der Waals surface area contributed by atoms with Crippen molar-refractivity contribution in [3.63, 3.8) is 0 Å². The third-order valence-electron chi connectivity index (χ3n) is 6.21. The first kappa shape index (κ1) is 32.6. The summed E-state index contributed by atoms with van der Waals surface area (Å²) < 4.78 is 17.1. The normalized spacial score (nSPS) is 11.7. The molecule has 0 spiro atoms. The van der Waals surface area contributed by atoms with Crippen molar-refractivity contribution in [1.29, 1.82) is 0 Å². The van der Waals surface area contributed by atoms with E-state index >= 15 is 0 Å². The summed E-state index contributed by atoms with van der Waals surface area (Å²) in [6, 6.07) is 16.4. The lowest BCUT2D eigenvalue weighted by atomic mass is 10.0. The molecule has 1 heterocycles. The Morgan fingerprint density at radius 1 is 1.00 bits per heavy atom. The Hall–Kier alpha value is -4.87. The number of aryl methyl sites for hydroxylation is 1. The molecule has 230 valence electrons. The van der Waals surface area contributed by atoms with Crippen molar-refractivity contribution in [2.24, 2.45) is 0 Å². The van der Waals surface area contributed by atoms with Crippen molar-refractivity contribution in [1.82, 2.24) is 19.8 Å². The van der Waals surface area contributed by atoms with Crippen molar-refractivity contribution in [2.45, 2.75) is 58.9 Å². The zero-order valence-corrected chi connectivity index (χ0v) is 25.0. The van der Waals surface area contributed by atoms with Crippen LogP contribution in [0.25, 0.3) is 0 Å². The van der Waals surface area contributed by atoms with Gasteiger partial charge in [-0.05, 0) is 57.4 Å². The summed E-state index contributed by atoms with van der Waals surface area (Å²) in [5.74, 6) is -0.623. The second-order valence-electron chi connectivity index (χ2n) is 11.0. The Morgan fingerprint density at radius 3 is 2.30 bits per heavy atom. The van der Waals surface area contributed by atoms with Gasteiger partial charge in [0.2, 0.25) is 5.91 Å². The maximum Gasteiger partial charge on any atom is 0.407 e. The minimum Gasteiger partial charge on any atom is -0.489 e. The Kier molecular flexibility index (Phi) is 11.3. The maximum absolute atomic E-state index is 13.4. The fourth-order valence-electron chi connectivity index (χ4n) is 4.11. The average molecular weight is 595 g/mol. The zero-order valence-electron chi connectivity index (χ0n) is 25.0. The summed E-state index contributed by atoms with van der Waals surface area (Å²) in [6.45, 7) is 6.13. The molecular weight excluding hydrogens is 556 g/mol. The van der Waals surface area contributed by atoms with Crippen LogP contribution in [0.5, 0.6) is 5.75 Å². The summed E-state index contributed by atoms with van der Waals surface area (Å²) in [4.78, 5) is 65.7. The number of alkyl carbamates (subject to hydrolysis) is 1. The smallest absolute Gasteiger partial charge is 0.407 e. The predicted octanol–water partition coefficient (Wildman–Crippen LogP) is 2.56. The van der Waals surface area contributed by atoms with E-state index in [1.54, 1.807) is 20.8 Å². The minimum absolute atomic E-state index is 0.101. The number of rotatable bonds is 12. The Labute approximate surface area is 249 Å². The number of H-pyrrole nitrogens is 1. The first-order valence-electron chi connectivity index (χ1n) is 13.7. The molecular formula is C31H38N4O8. The standard InChI is InChI=1S/C31H38N4O8/c1-21-16-35(29(39)33-28(21)38)18-26(36)34(19-27(37)41-5)17-24(32-30(40)43-31(2,3)4)15-22-11-13-25(14-12-22)42-20-23-9-7-6-8-10-23/h6-14,16,24H,15,17-20H2,1-5H3,(H,32,40)(H,33,38,39). The fourth-order valence-corrected chi connectivity index (χ4v) is 4.11. The Morgan fingerprint density at radius 2 is 1.67 bits per heavy atom. The fraction of sp³-hybridized carbons (Fsp3) is 0.387. The lowest BCUT2D eigenvalue weighted by Crippen LogP contribution is -2.50. The number of aromatic amines is 1. The van der Waals surface area contributed by atoms with E-state index in [0.717, 1.165) is 15.7 Å². The van der Waals surface area contributed by atoms with Gasteiger partial charge < -0.3 is 24.4 Å². The quantitative estimate of drug-likeness (QED) is 0.304. The van der Waals surface area contributed by atoms with Gasteiger partial charge in [-0.1, -0.05) is 42.5 Å². The minimum atomic E-state index is -0.767. The number of carbonyl (C=O) groups excluding carboxylic acids is 3. The second-order valence-corrected chi connectivity index (χ2v) is 11.0. The molecule has 43 heavy (non-hydrogen) atoms. The topological polar surface area (TPSA) is 149 Å². The van der Waals surface area contributed by atoms with Gasteiger partial charge in [0.05, 0.1) is 13.2 Å². The van der Waals surface area contributed by atoms with Crippen LogP contribution in [0, 0.1) is 6.92 Å². The predicted molar refractivity (Wildman–Crippen MR) is 159 cm³/mol. The third kappa shape index (κ3) is 10.8. The number of esters is 1. The molecule has 0 aliphatic rings. The molecule has 0 radical (unpaired) electrons. The molecule has 12 nitrogen and oxygen atoms in total. The van der Waals surface area contributed by atoms with Crippen LogP contribution in [0.1, 0.15) is 37.5 Å². The number of carbonyl (C=O) groups is 3. The lowest BCUT2D eigenvalue weighted by molar-refractivity contribution is -0.147. The molecule has 0 fully saturated rings. The highest BCUT2D eigenvalue weighted by Crippen LogP contribution is 2.16. The van der Waals surface area contributed by atoms with Crippen molar-refractivity contribution in [3.8, 4) is 5.75 Å². The molecule has 2 amide bonds. The van der Waals surface area contributed by atoms with Gasteiger partial charge in [0.1, 0.15) is 31.0 Å². The third-order valence-corrected chi connectivity index (χ3v) is 6.21. The van der Waals surface area contributed by atoms with E-state index < -0.39 is 54.0 Å². The monoisotopic (exact) mass is 594 g/mol. The van der Waals surface area contributed by atoms with Crippen molar-refractivity contribution >= 4 is 18.0 Å². The van der Waals surface area contributed by atoms with Crippen LogP contribution in [0.15, 0.2) is 70.4 Å². The SMILES string of the molecule is COC(=O)CN(CC(Cc1ccc(OCc2ccccc2)cc1)NC(=O)OC(C)(C)C)C(=O)Cn1cc(C)c(=O)[nH]c1=O. The first-order chi connectivity index (χ1) is 20.3. The van der Waals surface area contributed by atoms with E-state index in [9.17, 15) is 24.0 Å². The number of methoxy groups -OCH3 is 1. The summed E-state index contributed by atoms with van der Waals surface area (Å²) in [5.41, 5.74) is 0.0108. The van der Waals surface area contributed by atoms with Crippen LogP contribution >= 0.6 is 0 Å². The van der Waals surface area contributed by atoms with Crippen molar-refractivity contribution in [2.75, 3.05) is 20.2 Å². The van der Waals surface area contributed by atoms with E-state index in [-0.39, 0.29) is 18.5 Å². The molecule has 12 heteroatoms. The highest BCUT2D eigenvalue weighted by Gasteiger charge is 2.26. The number of nitrogens with zero attached hydrogens (tertiary/aromatic N) is 2. The van der Waals surface area contributed by atoms with Gasteiger partial charge in [-0.2, -0.15) is 0 Å². The zero-order chi connectivity index (χ0) is 31.6. The van der Waals surface area contributed by atoms with Crippen LogP contribution in [-0.2, 0) is 38.6 Å². The molecule has 2 aromatic carbocycles. The number of hydrogen-bond donors (Lipinski definition) is 2. The summed E-state index contributed by atoms with van der Waals surface area (Å²) in [7, 11) is 1.19. The highest BCUT2D eigenvalue weighted by atomic mass is 16.6. The van der Waals surface area contributed by atoms with Gasteiger partial charge in [-0.3, -0.25) is 23.9 Å². The van der Waals surface area contributed by atoms with Gasteiger partial charge in [-0.15, -0.1) is 0 Å². The maximum atomic E-state index is 13.4. The summed E-state index contributed by atoms with van der Waals surface area (Å²) >= 11 is 0. The Bertz CT molecular complexity index is 1510. The molecule has 0 saturated heterocycles. The lowest BCUT2D eigenvalue weighted by Gasteiger charge is -2.29. The Balaban J connectivity index is 1.80. The highest BCUT2D eigenvalue weighted by molar-refractivity contribution is 5.82. The molecule has 2 N–H and O–H groups in total. The van der Waals surface area contributed by atoms with E-state index in [0.29, 0.717) is 12.4 Å². The van der Waals surface area contributed by atoms with Crippen LogP contribution in [0.4, 0.5) is 4.79 Å². The largest absolute Gasteiger partial charge is 0.489 e. The van der Waals surface area contributed by atoms with Crippen molar-refractivity contribution in [3.05, 3.63) is 98.3 Å². The number of aromatic nitrogens is 2. The number of benzene rings is 2. The van der Waals surface area contributed by atoms with Gasteiger partial charge in [0.25, 0.3) is 5.56 Å². The van der Waals surface area contributed by atoms with Crippen LogP contribution < -0.4 is 21.3 Å². The van der Waals surface area contributed by atoms with E-state index in [1.807, 2.05) is 54.6 Å². The van der Waals surface area contributed by atoms with Crippen LogP contribution in [0.2, 0.25) is 0 Å².